The van der Waals surface area contributed by atoms with Crippen molar-refractivity contribution in [2.75, 3.05) is 0 Å². The molecule has 1 aromatic carbocycles. The number of hydrogen-bond donors (Lipinski definition) is 3. The third-order valence-corrected chi connectivity index (χ3v) is 1.84. The number of carbonyl (C=O) groups is 2. The molecule has 5 heteroatoms. The highest BCUT2D eigenvalue weighted by atomic mass is 16.4. The van der Waals surface area contributed by atoms with Gasteiger partial charge in [0.2, 0.25) is 0 Å². The molecule has 1 aromatic rings. The van der Waals surface area contributed by atoms with Crippen molar-refractivity contribution in [2.24, 2.45) is 0 Å². The summed E-state index contributed by atoms with van der Waals surface area (Å²) in [5.74, 6) is -2.20. The van der Waals surface area contributed by atoms with Gasteiger partial charge < -0.3 is 15.3 Å². The molecule has 15 heavy (non-hydrogen) atoms. The summed E-state index contributed by atoms with van der Waals surface area (Å²) in [6.07, 6.45) is -0.508. The summed E-state index contributed by atoms with van der Waals surface area (Å²) >= 11 is 0. The van der Waals surface area contributed by atoms with Crippen LogP contribution in [0.25, 0.3) is 0 Å². The van der Waals surface area contributed by atoms with Crippen LogP contribution >= 0.6 is 0 Å². The molecule has 0 heterocycles. The predicted octanol–water partition coefficient (Wildman–Crippen LogP) is 0.646. The van der Waals surface area contributed by atoms with E-state index in [9.17, 15) is 14.7 Å². The van der Waals surface area contributed by atoms with Crippen LogP contribution in [0, 0.1) is 0 Å². The van der Waals surface area contributed by atoms with E-state index in [1.54, 1.807) is 0 Å². The van der Waals surface area contributed by atoms with Crippen LogP contribution in [0.4, 0.5) is 0 Å². The molecule has 0 saturated carbocycles. The number of carboxylic acid groups (broad SMARTS) is 2. The molecule has 1 rings (SSSR count). The van der Waals surface area contributed by atoms with Gasteiger partial charge in [0.25, 0.3) is 0 Å². The number of rotatable bonds is 4. The standard InChI is InChI=1S/C10H10O5/c11-8-2-1-6(4-9(12)13)3-7(8)5-10(14)15/h1-3,11H,4-5H2,(H,12,13)(H,14,15). The molecular weight excluding hydrogens is 200 g/mol. The van der Waals surface area contributed by atoms with Gasteiger partial charge in [-0.05, 0) is 11.6 Å². The van der Waals surface area contributed by atoms with Gasteiger partial charge in [0.1, 0.15) is 5.75 Å². The molecule has 0 spiro atoms. The Labute approximate surface area is 85.6 Å². The third-order valence-electron chi connectivity index (χ3n) is 1.84. The highest BCUT2D eigenvalue weighted by Crippen LogP contribution is 2.19. The Hall–Kier alpha value is -2.04. The number of carboxylic acids is 2. The topological polar surface area (TPSA) is 94.8 Å². The van der Waals surface area contributed by atoms with Gasteiger partial charge in [0, 0.05) is 5.56 Å². The maximum Gasteiger partial charge on any atom is 0.307 e. The van der Waals surface area contributed by atoms with Gasteiger partial charge >= 0.3 is 11.9 Å². The van der Waals surface area contributed by atoms with E-state index in [0.717, 1.165) is 0 Å². The Morgan fingerprint density at radius 1 is 1.07 bits per heavy atom. The summed E-state index contributed by atoms with van der Waals surface area (Å²) in [7, 11) is 0. The van der Waals surface area contributed by atoms with Crippen molar-refractivity contribution < 1.29 is 24.9 Å². The number of aromatic hydroxyl groups is 1. The van der Waals surface area contributed by atoms with Gasteiger partial charge in [-0.3, -0.25) is 9.59 Å². The lowest BCUT2D eigenvalue weighted by Gasteiger charge is -2.04. The van der Waals surface area contributed by atoms with Gasteiger partial charge in [0.15, 0.2) is 0 Å². The van der Waals surface area contributed by atoms with Crippen molar-refractivity contribution >= 4 is 11.9 Å². The second-order valence-electron chi connectivity index (χ2n) is 3.10. The number of hydrogen-bond acceptors (Lipinski definition) is 3. The van der Waals surface area contributed by atoms with Crippen LogP contribution in [0.3, 0.4) is 0 Å². The van der Waals surface area contributed by atoms with Crippen molar-refractivity contribution in [1.82, 2.24) is 0 Å². The van der Waals surface area contributed by atoms with E-state index in [1.165, 1.54) is 18.2 Å². The van der Waals surface area contributed by atoms with Crippen molar-refractivity contribution in [2.45, 2.75) is 12.8 Å². The van der Waals surface area contributed by atoms with E-state index in [1.807, 2.05) is 0 Å². The molecule has 0 fully saturated rings. The van der Waals surface area contributed by atoms with Gasteiger partial charge in [-0.2, -0.15) is 0 Å². The highest BCUT2D eigenvalue weighted by Gasteiger charge is 2.08. The molecule has 0 aliphatic rings. The molecule has 0 radical (unpaired) electrons. The fraction of sp³-hybridized carbons (Fsp3) is 0.200. The molecule has 0 bridgehead atoms. The summed E-state index contributed by atoms with van der Waals surface area (Å²) in [6.45, 7) is 0. The summed E-state index contributed by atoms with van der Waals surface area (Å²) in [5, 5.41) is 26.4. The van der Waals surface area contributed by atoms with Crippen LogP contribution in [-0.4, -0.2) is 27.3 Å². The lowest BCUT2D eigenvalue weighted by Crippen LogP contribution is -2.03. The van der Waals surface area contributed by atoms with E-state index in [2.05, 4.69) is 0 Å². The second-order valence-corrected chi connectivity index (χ2v) is 3.10. The molecule has 0 aromatic heterocycles. The Bertz CT molecular complexity index is 397. The first-order valence-corrected chi connectivity index (χ1v) is 4.23. The van der Waals surface area contributed by atoms with Gasteiger partial charge in [-0.25, -0.2) is 0 Å². The highest BCUT2D eigenvalue weighted by molar-refractivity contribution is 5.73. The number of phenolic OH excluding ortho intramolecular Hbond substituents is 1. The van der Waals surface area contributed by atoms with Crippen LogP contribution in [0.5, 0.6) is 5.75 Å². The summed E-state index contributed by atoms with van der Waals surface area (Å²) in [5.41, 5.74) is 0.692. The van der Waals surface area contributed by atoms with Crippen molar-refractivity contribution in [3.05, 3.63) is 29.3 Å². The summed E-state index contributed by atoms with van der Waals surface area (Å²) in [6, 6.07) is 4.14. The second kappa shape index (κ2) is 4.45. The number of benzene rings is 1. The smallest absolute Gasteiger partial charge is 0.307 e. The molecule has 5 nitrogen and oxygen atoms in total. The minimum absolute atomic E-state index is 0.133. The fourth-order valence-corrected chi connectivity index (χ4v) is 1.23. The first-order chi connectivity index (χ1) is 6.99. The fourth-order valence-electron chi connectivity index (χ4n) is 1.23. The third kappa shape index (κ3) is 3.30. The molecule has 0 unspecified atom stereocenters. The van der Waals surface area contributed by atoms with Crippen LogP contribution in [0.1, 0.15) is 11.1 Å². The molecule has 3 N–H and O–H groups in total. The van der Waals surface area contributed by atoms with Crippen molar-refractivity contribution in [3.63, 3.8) is 0 Å². The quantitative estimate of drug-likeness (QED) is 0.678. The minimum atomic E-state index is -1.07. The Morgan fingerprint density at radius 2 is 1.67 bits per heavy atom. The SMILES string of the molecule is O=C(O)Cc1ccc(O)c(CC(=O)O)c1. The molecule has 0 atom stereocenters. The van der Waals surface area contributed by atoms with E-state index in [4.69, 9.17) is 10.2 Å². The molecule has 0 saturated heterocycles. The van der Waals surface area contributed by atoms with E-state index in [0.29, 0.717) is 5.56 Å². The van der Waals surface area contributed by atoms with Crippen molar-refractivity contribution in [1.29, 1.82) is 0 Å². The van der Waals surface area contributed by atoms with E-state index >= 15 is 0 Å². The molecule has 0 amide bonds. The molecule has 0 aliphatic carbocycles. The molecule has 0 aliphatic heterocycles. The zero-order chi connectivity index (χ0) is 11.4. The first-order valence-electron chi connectivity index (χ1n) is 4.23. The monoisotopic (exact) mass is 210 g/mol. The van der Waals surface area contributed by atoms with Gasteiger partial charge in [-0.15, -0.1) is 0 Å². The maximum atomic E-state index is 10.4. The summed E-state index contributed by atoms with van der Waals surface area (Å²) < 4.78 is 0. The van der Waals surface area contributed by atoms with Crippen LogP contribution in [0.2, 0.25) is 0 Å². The van der Waals surface area contributed by atoms with Crippen molar-refractivity contribution in [3.8, 4) is 5.75 Å². The van der Waals surface area contributed by atoms with Gasteiger partial charge in [-0.1, -0.05) is 12.1 Å². The Balaban J connectivity index is 2.94. The first kappa shape index (κ1) is 11.0. The Morgan fingerprint density at radius 3 is 2.20 bits per heavy atom. The maximum absolute atomic E-state index is 10.4. The average Bonchev–Trinajstić information content (AvgIpc) is 2.09. The van der Waals surface area contributed by atoms with Crippen LogP contribution in [0.15, 0.2) is 18.2 Å². The van der Waals surface area contributed by atoms with Gasteiger partial charge in [0.05, 0.1) is 12.8 Å². The average molecular weight is 210 g/mol. The zero-order valence-corrected chi connectivity index (χ0v) is 7.80. The molecule has 80 valence electrons. The van der Waals surface area contributed by atoms with E-state index in [-0.39, 0.29) is 24.2 Å². The van der Waals surface area contributed by atoms with Crippen LogP contribution in [-0.2, 0) is 22.4 Å². The molecular formula is C10H10O5. The predicted molar refractivity (Wildman–Crippen MR) is 50.8 cm³/mol. The normalized spacial score (nSPS) is 9.87. The summed E-state index contributed by atoms with van der Waals surface area (Å²) in [4.78, 5) is 20.8. The lowest BCUT2D eigenvalue weighted by molar-refractivity contribution is -0.137. The van der Waals surface area contributed by atoms with Crippen LogP contribution < -0.4 is 0 Å². The number of phenols is 1. The zero-order valence-electron chi connectivity index (χ0n) is 7.80. The Kier molecular flexibility index (Phi) is 3.28. The minimum Gasteiger partial charge on any atom is -0.508 e. The van der Waals surface area contributed by atoms with E-state index < -0.39 is 11.9 Å². The number of aliphatic carboxylic acids is 2. The largest absolute Gasteiger partial charge is 0.508 e. The lowest BCUT2D eigenvalue weighted by atomic mass is 10.0.